The molecule has 23 heavy (non-hydrogen) atoms. The van der Waals surface area contributed by atoms with Crippen LogP contribution in [0.25, 0.3) is 10.8 Å². The maximum Gasteiger partial charge on any atom is 0.115 e. The molecule has 0 aromatic heterocycles. The molecule has 0 heterocycles. The Morgan fingerprint density at radius 1 is 0.913 bits per heavy atom. The van der Waals surface area contributed by atoms with Crippen molar-refractivity contribution in [1.29, 1.82) is 0 Å². The average Bonchev–Trinajstić information content (AvgIpc) is 2.57. The molecule has 1 atom stereocenters. The first-order chi connectivity index (χ1) is 11.2. The van der Waals surface area contributed by atoms with Gasteiger partial charge in [0, 0.05) is 6.04 Å². The molecule has 2 heteroatoms. The summed E-state index contributed by atoms with van der Waals surface area (Å²) in [4.78, 5) is 0. The zero-order valence-corrected chi connectivity index (χ0v) is 13.5. The first-order valence-corrected chi connectivity index (χ1v) is 8.20. The van der Waals surface area contributed by atoms with E-state index >= 15 is 0 Å². The van der Waals surface area contributed by atoms with Gasteiger partial charge >= 0.3 is 0 Å². The van der Waals surface area contributed by atoms with E-state index in [4.69, 9.17) is 0 Å². The number of fused-ring (bicyclic) bond motifs is 1. The Kier molecular flexibility index (Phi) is 4.94. The molecule has 1 unspecified atom stereocenters. The summed E-state index contributed by atoms with van der Waals surface area (Å²) in [6, 6.07) is 23.0. The molecule has 0 amide bonds. The third-order valence-electron chi connectivity index (χ3n) is 4.25. The van der Waals surface area contributed by atoms with E-state index in [-0.39, 0.29) is 0 Å². The largest absolute Gasteiger partial charge is 0.508 e. The van der Waals surface area contributed by atoms with Gasteiger partial charge in [0.2, 0.25) is 0 Å². The van der Waals surface area contributed by atoms with Crippen molar-refractivity contribution in [2.75, 3.05) is 6.54 Å². The smallest absolute Gasteiger partial charge is 0.115 e. The second kappa shape index (κ2) is 7.30. The van der Waals surface area contributed by atoms with Crippen molar-refractivity contribution in [3.63, 3.8) is 0 Å². The second-order valence-corrected chi connectivity index (χ2v) is 6.11. The van der Waals surface area contributed by atoms with Gasteiger partial charge in [-0.1, -0.05) is 54.6 Å². The van der Waals surface area contributed by atoms with Gasteiger partial charge in [0.05, 0.1) is 0 Å². The molecule has 0 saturated heterocycles. The lowest BCUT2D eigenvalue weighted by atomic mass is 9.99. The summed E-state index contributed by atoms with van der Waals surface area (Å²) in [5.41, 5.74) is 2.64. The van der Waals surface area contributed by atoms with E-state index in [2.05, 4.69) is 54.7 Å². The summed E-state index contributed by atoms with van der Waals surface area (Å²) in [7, 11) is 0. The molecule has 0 aliphatic carbocycles. The normalized spacial score (nSPS) is 12.4. The van der Waals surface area contributed by atoms with Crippen LogP contribution >= 0.6 is 0 Å². The van der Waals surface area contributed by atoms with E-state index in [1.807, 2.05) is 12.1 Å². The molecule has 0 aliphatic rings. The minimum Gasteiger partial charge on any atom is -0.508 e. The number of nitrogens with one attached hydrogen (secondary N) is 1. The van der Waals surface area contributed by atoms with Crippen LogP contribution in [0.5, 0.6) is 5.75 Å². The van der Waals surface area contributed by atoms with Gasteiger partial charge in [0.1, 0.15) is 5.75 Å². The molecule has 0 fully saturated rings. The van der Waals surface area contributed by atoms with Crippen LogP contribution in [0.3, 0.4) is 0 Å². The third-order valence-corrected chi connectivity index (χ3v) is 4.25. The summed E-state index contributed by atoms with van der Waals surface area (Å²) in [6.07, 6.45) is 2.00. The van der Waals surface area contributed by atoms with Gasteiger partial charge in [-0.25, -0.2) is 0 Å². The molecule has 118 valence electrons. The lowest BCUT2D eigenvalue weighted by Crippen LogP contribution is -2.30. The first-order valence-electron chi connectivity index (χ1n) is 8.20. The quantitative estimate of drug-likeness (QED) is 0.711. The fourth-order valence-electron chi connectivity index (χ4n) is 3.00. The monoisotopic (exact) mass is 305 g/mol. The topological polar surface area (TPSA) is 32.3 Å². The van der Waals surface area contributed by atoms with Crippen LogP contribution in [0.15, 0.2) is 66.7 Å². The van der Waals surface area contributed by atoms with E-state index in [0.29, 0.717) is 11.8 Å². The Morgan fingerprint density at radius 3 is 2.48 bits per heavy atom. The van der Waals surface area contributed by atoms with Gasteiger partial charge in [-0.05, 0) is 60.3 Å². The van der Waals surface area contributed by atoms with Gasteiger partial charge in [-0.15, -0.1) is 0 Å². The van der Waals surface area contributed by atoms with Crippen molar-refractivity contribution < 1.29 is 5.11 Å². The third kappa shape index (κ3) is 4.11. The van der Waals surface area contributed by atoms with Crippen LogP contribution in [0.2, 0.25) is 0 Å². The SMILES string of the molecule is CC(Cc1cccc2ccccc12)NCCc1ccc(O)cc1. The number of aromatic hydroxyl groups is 1. The summed E-state index contributed by atoms with van der Waals surface area (Å²) in [6.45, 7) is 3.18. The molecular formula is C21H23NO. The minimum absolute atomic E-state index is 0.325. The van der Waals surface area contributed by atoms with Crippen LogP contribution in [0.4, 0.5) is 0 Å². The van der Waals surface area contributed by atoms with E-state index in [1.165, 1.54) is 21.9 Å². The summed E-state index contributed by atoms with van der Waals surface area (Å²) >= 11 is 0. The standard InChI is InChI=1S/C21H23NO/c1-16(22-14-13-17-9-11-20(23)12-10-17)15-19-7-4-6-18-5-2-3-8-21(18)19/h2-12,16,22-23H,13-15H2,1H3. The van der Waals surface area contributed by atoms with Crippen LogP contribution in [-0.4, -0.2) is 17.7 Å². The van der Waals surface area contributed by atoms with Crippen molar-refractivity contribution in [3.05, 3.63) is 77.9 Å². The van der Waals surface area contributed by atoms with Crippen molar-refractivity contribution in [3.8, 4) is 5.75 Å². The van der Waals surface area contributed by atoms with Gasteiger partial charge in [-0.3, -0.25) is 0 Å². The van der Waals surface area contributed by atoms with Crippen LogP contribution < -0.4 is 5.32 Å². The number of phenols is 1. The zero-order chi connectivity index (χ0) is 16.1. The van der Waals surface area contributed by atoms with Gasteiger partial charge in [0.15, 0.2) is 0 Å². The lowest BCUT2D eigenvalue weighted by molar-refractivity contribution is 0.475. The van der Waals surface area contributed by atoms with Gasteiger partial charge < -0.3 is 10.4 Å². The van der Waals surface area contributed by atoms with Crippen molar-refractivity contribution in [2.24, 2.45) is 0 Å². The van der Waals surface area contributed by atoms with E-state index in [9.17, 15) is 5.11 Å². The molecule has 0 bridgehead atoms. The highest BCUT2D eigenvalue weighted by Gasteiger charge is 2.06. The fraction of sp³-hybridized carbons (Fsp3) is 0.238. The zero-order valence-electron chi connectivity index (χ0n) is 13.5. The maximum atomic E-state index is 9.31. The van der Waals surface area contributed by atoms with Crippen LogP contribution in [0, 0.1) is 0 Å². The Morgan fingerprint density at radius 2 is 1.65 bits per heavy atom. The number of benzene rings is 3. The highest BCUT2D eigenvalue weighted by molar-refractivity contribution is 5.85. The van der Waals surface area contributed by atoms with E-state index < -0.39 is 0 Å². The molecule has 2 N–H and O–H groups in total. The molecule has 0 radical (unpaired) electrons. The molecule has 0 saturated carbocycles. The molecule has 0 spiro atoms. The maximum absolute atomic E-state index is 9.31. The second-order valence-electron chi connectivity index (χ2n) is 6.11. The number of hydrogen-bond acceptors (Lipinski definition) is 2. The molecule has 0 aliphatic heterocycles. The Hall–Kier alpha value is -2.32. The molecule has 3 rings (SSSR count). The molecule has 2 nitrogen and oxygen atoms in total. The van der Waals surface area contributed by atoms with Crippen molar-refractivity contribution in [1.82, 2.24) is 5.32 Å². The number of hydrogen-bond donors (Lipinski definition) is 2. The molecular weight excluding hydrogens is 282 g/mol. The Labute approximate surface area is 137 Å². The highest BCUT2D eigenvalue weighted by atomic mass is 16.3. The van der Waals surface area contributed by atoms with Gasteiger partial charge in [-0.2, -0.15) is 0 Å². The average molecular weight is 305 g/mol. The highest BCUT2D eigenvalue weighted by Crippen LogP contribution is 2.19. The van der Waals surface area contributed by atoms with Gasteiger partial charge in [0.25, 0.3) is 0 Å². The van der Waals surface area contributed by atoms with E-state index in [1.54, 1.807) is 12.1 Å². The summed E-state index contributed by atoms with van der Waals surface area (Å²) in [5, 5.41) is 15.6. The van der Waals surface area contributed by atoms with Crippen LogP contribution in [0.1, 0.15) is 18.1 Å². The number of phenolic OH excluding ortho intramolecular Hbond substituents is 1. The molecule has 3 aromatic rings. The lowest BCUT2D eigenvalue weighted by Gasteiger charge is -2.15. The Balaban J connectivity index is 1.56. The van der Waals surface area contributed by atoms with Crippen molar-refractivity contribution in [2.45, 2.75) is 25.8 Å². The van der Waals surface area contributed by atoms with Crippen molar-refractivity contribution >= 4 is 10.8 Å². The minimum atomic E-state index is 0.325. The van der Waals surface area contributed by atoms with E-state index in [0.717, 1.165) is 19.4 Å². The first kappa shape index (κ1) is 15.6. The Bertz CT molecular complexity index is 759. The predicted octanol–water partition coefficient (Wildman–Crippen LogP) is 4.31. The predicted molar refractivity (Wildman–Crippen MR) is 96.9 cm³/mol. The number of rotatable bonds is 6. The summed E-state index contributed by atoms with van der Waals surface area (Å²) in [5.74, 6) is 0.325. The molecule has 3 aromatic carbocycles. The summed E-state index contributed by atoms with van der Waals surface area (Å²) < 4.78 is 0. The van der Waals surface area contributed by atoms with Crippen LogP contribution in [-0.2, 0) is 12.8 Å². The fourth-order valence-corrected chi connectivity index (χ4v) is 3.00.